The summed E-state index contributed by atoms with van der Waals surface area (Å²) in [5.74, 6) is 0. The van der Waals surface area contributed by atoms with Crippen molar-refractivity contribution in [2.75, 3.05) is 0 Å². The second-order valence-corrected chi connectivity index (χ2v) is 4.66. The first-order valence-electron chi connectivity index (χ1n) is 4.34. The van der Waals surface area contributed by atoms with Gasteiger partial charge in [-0.2, -0.15) is 0 Å². The standard InChI is InChI=1S/C11H10BrCl/c1-7-3-2-4-9-10(7)5-8(13)6-11(9)12/h5-6H,1-4H2. The van der Waals surface area contributed by atoms with E-state index in [0.717, 1.165) is 22.3 Å². The third-order valence-corrected chi connectivity index (χ3v) is 3.37. The van der Waals surface area contributed by atoms with Crippen molar-refractivity contribution in [1.29, 1.82) is 0 Å². The Morgan fingerprint density at radius 1 is 1.31 bits per heavy atom. The quantitative estimate of drug-likeness (QED) is 0.644. The lowest BCUT2D eigenvalue weighted by Crippen LogP contribution is -2.01. The Hall–Kier alpha value is -0.270. The van der Waals surface area contributed by atoms with E-state index in [1.165, 1.54) is 23.1 Å². The minimum absolute atomic E-state index is 0.786. The van der Waals surface area contributed by atoms with E-state index in [-0.39, 0.29) is 0 Å². The van der Waals surface area contributed by atoms with Crippen molar-refractivity contribution in [3.63, 3.8) is 0 Å². The van der Waals surface area contributed by atoms with Crippen molar-refractivity contribution in [2.24, 2.45) is 0 Å². The summed E-state index contributed by atoms with van der Waals surface area (Å²) in [5.41, 5.74) is 3.82. The van der Waals surface area contributed by atoms with Gasteiger partial charge in [-0.25, -0.2) is 0 Å². The summed E-state index contributed by atoms with van der Waals surface area (Å²) in [4.78, 5) is 0. The van der Waals surface area contributed by atoms with Gasteiger partial charge in [-0.3, -0.25) is 0 Å². The summed E-state index contributed by atoms with van der Waals surface area (Å²) >= 11 is 9.51. The molecule has 2 heteroatoms. The molecule has 0 heterocycles. The van der Waals surface area contributed by atoms with Crippen LogP contribution >= 0.6 is 27.5 Å². The van der Waals surface area contributed by atoms with Crippen LogP contribution in [0.4, 0.5) is 0 Å². The highest BCUT2D eigenvalue weighted by molar-refractivity contribution is 9.10. The molecule has 0 amide bonds. The largest absolute Gasteiger partial charge is 0.0952 e. The molecule has 0 radical (unpaired) electrons. The molecule has 13 heavy (non-hydrogen) atoms. The maximum Gasteiger partial charge on any atom is 0.0423 e. The zero-order valence-electron chi connectivity index (χ0n) is 7.24. The van der Waals surface area contributed by atoms with Crippen molar-refractivity contribution in [3.05, 3.63) is 39.3 Å². The molecule has 1 aromatic carbocycles. The summed E-state index contributed by atoms with van der Waals surface area (Å²) in [5, 5.41) is 0.786. The van der Waals surface area contributed by atoms with Crippen molar-refractivity contribution >= 4 is 33.1 Å². The monoisotopic (exact) mass is 256 g/mol. The van der Waals surface area contributed by atoms with Crippen molar-refractivity contribution < 1.29 is 0 Å². The fourth-order valence-electron chi connectivity index (χ4n) is 1.79. The average molecular weight is 258 g/mol. The first-order valence-corrected chi connectivity index (χ1v) is 5.51. The third-order valence-electron chi connectivity index (χ3n) is 2.45. The molecule has 0 aromatic heterocycles. The Labute approximate surface area is 91.7 Å². The van der Waals surface area contributed by atoms with Gasteiger partial charge in [0.1, 0.15) is 0 Å². The third kappa shape index (κ3) is 1.68. The molecule has 0 spiro atoms. The smallest absolute Gasteiger partial charge is 0.0423 e. The van der Waals surface area contributed by atoms with Crippen LogP contribution in [0.15, 0.2) is 23.2 Å². The minimum atomic E-state index is 0.786. The van der Waals surface area contributed by atoms with E-state index in [2.05, 4.69) is 22.5 Å². The topological polar surface area (TPSA) is 0 Å². The van der Waals surface area contributed by atoms with Gasteiger partial charge in [0.25, 0.3) is 0 Å². The Morgan fingerprint density at radius 3 is 2.85 bits per heavy atom. The summed E-state index contributed by atoms with van der Waals surface area (Å²) in [7, 11) is 0. The molecule has 68 valence electrons. The van der Waals surface area contributed by atoms with E-state index in [1.807, 2.05) is 12.1 Å². The number of benzene rings is 1. The zero-order valence-corrected chi connectivity index (χ0v) is 9.58. The van der Waals surface area contributed by atoms with Crippen LogP contribution < -0.4 is 0 Å². The second kappa shape index (κ2) is 3.47. The molecule has 0 unspecified atom stereocenters. The lowest BCUT2D eigenvalue weighted by Gasteiger charge is -2.19. The lowest BCUT2D eigenvalue weighted by molar-refractivity contribution is 0.820. The van der Waals surface area contributed by atoms with Gasteiger partial charge in [0.15, 0.2) is 0 Å². The fourth-order valence-corrected chi connectivity index (χ4v) is 2.79. The molecule has 0 aliphatic heterocycles. The van der Waals surface area contributed by atoms with Crippen molar-refractivity contribution in [1.82, 2.24) is 0 Å². The van der Waals surface area contributed by atoms with Crippen molar-refractivity contribution in [2.45, 2.75) is 19.3 Å². The highest BCUT2D eigenvalue weighted by atomic mass is 79.9. The molecule has 1 aliphatic carbocycles. The Morgan fingerprint density at radius 2 is 2.08 bits per heavy atom. The van der Waals surface area contributed by atoms with Crippen LogP contribution in [0.1, 0.15) is 24.0 Å². The van der Waals surface area contributed by atoms with Gasteiger partial charge in [-0.05, 0) is 48.1 Å². The molecule has 0 saturated carbocycles. The summed E-state index contributed by atoms with van der Waals surface area (Å²) < 4.78 is 1.12. The first kappa shape index (κ1) is 9.29. The lowest BCUT2D eigenvalue weighted by atomic mass is 9.88. The van der Waals surface area contributed by atoms with E-state index in [9.17, 15) is 0 Å². The van der Waals surface area contributed by atoms with E-state index < -0.39 is 0 Å². The molecule has 1 aliphatic rings. The number of allylic oxidation sites excluding steroid dienone is 1. The SMILES string of the molecule is C=C1CCCc2c(Br)cc(Cl)cc21. The molecule has 0 nitrogen and oxygen atoms in total. The molecular weight excluding hydrogens is 247 g/mol. The highest BCUT2D eigenvalue weighted by Crippen LogP contribution is 2.36. The predicted molar refractivity (Wildman–Crippen MR) is 61.1 cm³/mol. The van der Waals surface area contributed by atoms with Crippen LogP contribution in [0.3, 0.4) is 0 Å². The summed E-state index contributed by atoms with van der Waals surface area (Å²) in [6.07, 6.45) is 3.43. The van der Waals surface area contributed by atoms with Gasteiger partial charge in [-0.15, -0.1) is 0 Å². The van der Waals surface area contributed by atoms with Crippen LogP contribution in [0, 0.1) is 0 Å². The Balaban J connectivity index is 2.63. The molecular formula is C11H10BrCl. The van der Waals surface area contributed by atoms with Gasteiger partial charge in [-0.1, -0.05) is 34.1 Å². The maximum atomic E-state index is 5.98. The van der Waals surface area contributed by atoms with E-state index in [4.69, 9.17) is 11.6 Å². The zero-order chi connectivity index (χ0) is 9.42. The van der Waals surface area contributed by atoms with E-state index >= 15 is 0 Å². The number of hydrogen-bond donors (Lipinski definition) is 0. The Kier molecular flexibility index (Phi) is 2.48. The number of halogens is 2. The first-order chi connectivity index (χ1) is 6.18. The van der Waals surface area contributed by atoms with Crippen LogP contribution in [-0.4, -0.2) is 0 Å². The highest BCUT2D eigenvalue weighted by Gasteiger charge is 2.15. The van der Waals surface area contributed by atoms with Crippen molar-refractivity contribution in [3.8, 4) is 0 Å². The average Bonchev–Trinajstić information content (AvgIpc) is 2.07. The molecule has 1 aromatic rings. The molecule has 0 atom stereocenters. The molecule has 2 rings (SSSR count). The normalized spacial score (nSPS) is 15.7. The maximum absolute atomic E-state index is 5.98. The van der Waals surface area contributed by atoms with Gasteiger partial charge in [0.2, 0.25) is 0 Å². The van der Waals surface area contributed by atoms with Gasteiger partial charge in [0.05, 0.1) is 0 Å². The molecule has 0 bridgehead atoms. The van der Waals surface area contributed by atoms with Crippen LogP contribution in [0.25, 0.3) is 5.57 Å². The van der Waals surface area contributed by atoms with Gasteiger partial charge >= 0.3 is 0 Å². The number of hydrogen-bond acceptors (Lipinski definition) is 0. The minimum Gasteiger partial charge on any atom is -0.0952 e. The van der Waals surface area contributed by atoms with Gasteiger partial charge < -0.3 is 0 Å². The summed E-state index contributed by atoms with van der Waals surface area (Å²) in [6.45, 7) is 4.06. The molecule has 0 fully saturated rings. The van der Waals surface area contributed by atoms with E-state index in [0.29, 0.717) is 0 Å². The van der Waals surface area contributed by atoms with E-state index in [1.54, 1.807) is 0 Å². The Bertz CT molecular complexity index is 369. The number of rotatable bonds is 0. The predicted octanol–water partition coefficient (Wildman–Crippen LogP) is 4.45. The van der Waals surface area contributed by atoms with Gasteiger partial charge in [0, 0.05) is 9.50 Å². The summed E-state index contributed by atoms with van der Waals surface area (Å²) in [6, 6.07) is 3.97. The second-order valence-electron chi connectivity index (χ2n) is 3.37. The van der Waals surface area contributed by atoms with Crippen LogP contribution in [-0.2, 0) is 6.42 Å². The van der Waals surface area contributed by atoms with Crippen LogP contribution in [0.5, 0.6) is 0 Å². The number of fused-ring (bicyclic) bond motifs is 1. The fraction of sp³-hybridized carbons (Fsp3) is 0.273. The molecule has 0 N–H and O–H groups in total. The van der Waals surface area contributed by atoms with Crippen LogP contribution in [0.2, 0.25) is 5.02 Å². The molecule has 0 saturated heterocycles.